The fourth-order valence-corrected chi connectivity index (χ4v) is 2.79. The molecule has 0 aromatic heterocycles. The van der Waals surface area contributed by atoms with Crippen molar-refractivity contribution >= 4 is 17.4 Å². The molecule has 1 nitrogen and oxygen atoms in total. The maximum Gasteiger partial charge on any atom is 0.193 e. The van der Waals surface area contributed by atoms with Gasteiger partial charge in [-0.05, 0) is 55.0 Å². The molecule has 2 heteroatoms. The van der Waals surface area contributed by atoms with Crippen LogP contribution in [0.3, 0.4) is 0 Å². The number of hydrogen-bond donors (Lipinski definition) is 0. The maximum absolute atomic E-state index is 12.5. The summed E-state index contributed by atoms with van der Waals surface area (Å²) in [6, 6.07) is 11.6. The summed E-state index contributed by atoms with van der Waals surface area (Å²) in [6.07, 6.45) is 3.43. The SMILES string of the molecule is Cc1ccc(C(=O)c2ccc3c(c2)CCC3)cc1Cl. The third-order valence-electron chi connectivity index (χ3n) is 3.79. The average molecular weight is 271 g/mol. The number of halogens is 1. The molecule has 3 rings (SSSR count). The van der Waals surface area contributed by atoms with Crippen molar-refractivity contribution in [2.75, 3.05) is 0 Å². The maximum atomic E-state index is 12.5. The minimum Gasteiger partial charge on any atom is -0.289 e. The normalized spacial score (nSPS) is 13.4. The van der Waals surface area contributed by atoms with Crippen molar-refractivity contribution in [2.24, 2.45) is 0 Å². The molecule has 0 amide bonds. The van der Waals surface area contributed by atoms with Crippen LogP contribution in [-0.2, 0) is 12.8 Å². The highest BCUT2D eigenvalue weighted by molar-refractivity contribution is 6.31. The van der Waals surface area contributed by atoms with Gasteiger partial charge in [-0.25, -0.2) is 0 Å². The third-order valence-corrected chi connectivity index (χ3v) is 4.20. The van der Waals surface area contributed by atoms with Crippen LogP contribution in [0.25, 0.3) is 0 Å². The van der Waals surface area contributed by atoms with Crippen molar-refractivity contribution in [1.29, 1.82) is 0 Å². The first-order valence-electron chi connectivity index (χ1n) is 6.58. The Hall–Kier alpha value is -1.60. The van der Waals surface area contributed by atoms with Gasteiger partial charge in [-0.1, -0.05) is 35.9 Å². The van der Waals surface area contributed by atoms with Crippen LogP contribution in [0.1, 0.15) is 39.0 Å². The molecule has 0 atom stereocenters. The minimum atomic E-state index is 0.0524. The monoisotopic (exact) mass is 270 g/mol. The topological polar surface area (TPSA) is 17.1 Å². The van der Waals surface area contributed by atoms with Crippen molar-refractivity contribution in [3.63, 3.8) is 0 Å². The molecule has 0 fully saturated rings. The van der Waals surface area contributed by atoms with E-state index in [1.54, 1.807) is 6.07 Å². The summed E-state index contributed by atoms with van der Waals surface area (Å²) in [7, 11) is 0. The summed E-state index contributed by atoms with van der Waals surface area (Å²) in [4.78, 5) is 12.5. The smallest absolute Gasteiger partial charge is 0.193 e. The molecular formula is C17H15ClO. The van der Waals surface area contributed by atoms with Crippen molar-refractivity contribution in [3.05, 3.63) is 69.2 Å². The summed E-state index contributed by atoms with van der Waals surface area (Å²) in [5.41, 5.74) is 5.13. The Morgan fingerprint density at radius 1 is 1.00 bits per heavy atom. The standard InChI is InChI=1S/C17H15ClO/c1-11-5-6-15(10-16(11)18)17(19)14-8-7-12-3-2-4-13(12)9-14/h5-10H,2-4H2,1H3. The van der Waals surface area contributed by atoms with Gasteiger partial charge in [0.2, 0.25) is 0 Å². The molecule has 1 aliphatic rings. The fourth-order valence-electron chi connectivity index (χ4n) is 2.61. The zero-order chi connectivity index (χ0) is 13.4. The second-order valence-corrected chi connectivity index (χ2v) is 5.54. The zero-order valence-corrected chi connectivity index (χ0v) is 11.6. The lowest BCUT2D eigenvalue weighted by atomic mass is 9.99. The van der Waals surface area contributed by atoms with Crippen molar-refractivity contribution < 1.29 is 4.79 Å². The van der Waals surface area contributed by atoms with E-state index in [2.05, 4.69) is 6.07 Å². The van der Waals surface area contributed by atoms with Crippen LogP contribution >= 0.6 is 11.6 Å². The molecule has 0 saturated carbocycles. The average Bonchev–Trinajstić information content (AvgIpc) is 2.88. The quantitative estimate of drug-likeness (QED) is 0.741. The molecule has 96 valence electrons. The molecule has 0 bridgehead atoms. The van der Waals surface area contributed by atoms with Gasteiger partial charge in [0, 0.05) is 16.1 Å². The Morgan fingerprint density at radius 3 is 2.47 bits per heavy atom. The number of hydrogen-bond acceptors (Lipinski definition) is 1. The van der Waals surface area contributed by atoms with E-state index < -0.39 is 0 Å². The van der Waals surface area contributed by atoms with E-state index in [1.807, 2.05) is 31.2 Å². The van der Waals surface area contributed by atoms with Gasteiger partial charge in [0.25, 0.3) is 0 Å². The number of ketones is 1. The Balaban J connectivity index is 1.97. The predicted molar refractivity (Wildman–Crippen MR) is 78.1 cm³/mol. The van der Waals surface area contributed by atoms with E-state index in [0.717, 1.165) is 24.0 Å². The Labute approximate surface area is 118 Å². The Morgan fingerprint density at radius 2 is 1.68 bits per heavy atom. The summed E-state index contributed by atoms with van der Waals surface area (Å²) < 4.78 is 0. The first-order valence-corrected chi connectivity index (χ1v) is 6.95. The molecule has 0 heterocycles. The largest absolute Gasteiger partial charge is 0.289 e. The van der Waals surface area contributed by atoms with Gasteiger partial charge < -0.3 is 0 Å². The lowest BCUT2D eigenvalue weighted by Crippen LogP contribution is -2.02. The molecule has 0 unspecified atom stereocenters. The van der Waals surface area contributed by atoms with Crippen LogP contribution < -0.4 is 0 Å². The highest BCUT2D eigenvalue weighted by atomic mass is 35.5. The predicted octanol–water partition coefficient (Wildman–Crippen LogP) is 4.37. The van der Waals surface area contributed by atoms with Gasteiger partial charge in [-0.2, -0.15) is 0 Å². The third kappa shape index (κ3) is 2.31. The molecule has 0 saturated heterocycles. The van der Waals surface area contributed by atoms with E-state index in [0.29, 0.717) is 10.6 Å². The van der Waals surface area contributed by atoms with Crippen LogP contribution in [0.5, 0.6) is 0 Å². The summed E-state index contributed by atoms with van der Waals surface area (Å²) in [5.74, 6) is 0.0524. The Bertz CT molecular complexity index is 658. The Kier molecular flexibility index (Phi) is 3.16. The van der Waals surface area contributed by atoms with Gasteiger partial charge in [0.1, 0.15) is 0 Å². The lowest BCUT2D eigenvalue weighted by Gasteiger charge is -2.06. The van der Waals surface area contributed by atoms with Crippen molar-refractivity contribution in [3.8, 4) is 0 Å². The molecule has 2 aromatic rings. The molecule has 0 radical (unpaired) electrons. The number of rotatable bonds is 2. The molecule has 0 N–H and O–H groups in total. The van der Waals surface area contributed by atoms with E-state index in [9.17, 15) is 4.79 Å². The summed E-state index contributed by atoms with van der Waals surface area (Å²) in [6.45, 7) is 1.94. The number of benzene rings is 2. The second kappa shape index (κ2) is 4.82. The highest BCUT2D eigenvalue weighted by Gasteiger charge is 2.15. The number of carbonyl (C=O) groups is 1. The van der Waals surface area contributed by atoms with Gasteiger partial charge in [0.15, 0.2) is 5.78 Å². The molecule has 0 spiro atoms. The summed E-state index contributed by atoms with van der Waals surface area (Å²) in [5, 5.41) is 0.645. The van der Waals surface area contributed by atoms with Crippen molar-refractivity contribution in [1.82, 2.24) is 0 Å². The van der Waals surface area contributed by atoms with E-state index >= 15 is 0 Å². The zero-order valence-electron chi connectivity index (χ0n) is 10.9. The molecule has 1 aliphatic carbocycles. The van der Waals surface area contributed by atoms with Crippen LogP contribution in [0.2, 0.25) is 5.02 Å². The molecular weight excluding hydrogens is 256 g/mol. The number of aryl methyl sites for hydroxylation is 3. The van der Waals surface area contributed by atoms with Gasteiger partial charge in [-0.15, -0.1) is 0 Å². The van der Waals surface area contributed by atoms with Crippen molar-refractivity contribution in [2.45, 2.75) is 26.2 Å². The number of carbonyl (C=O) groups excluding carboxylic acids is 1. The van der Waals surface area contributed by atoms with E-state index in [-0.39, 0.29) is 5.78 Å². The van der Waals surface area contributed by atoms with Crippen LogP contribution in [0.4, 0.5) is 0 Å². The first-order chi connectivity index (χ1) is 9.15. The fraction of sp³-hybridized carbons (Fsp3) is 0.235. The van der Waals surface area contributed by atoms with Gasteiger partial charge in [-0.3, -0.25) is 4.79 Å². The minimum absolute atomic E-state index is 0.0524. The van der Waals surface area contributed by atoms with Gasteiger partial charge in [0.05, 0.1) is 0 Å². The van der Waals surface area contributed by atoms with E-state index in [1.165, 1.54) is 17.5 Å². The van der Waals surface area contributed by atoms with Crippen LogP contribution in [-0.4, -0.2) is 5.78 Å². The number of fused-ring (bicyclic) bond motifs is 1. The first kappa shape index (κ1) is 12.4. The van der Waals surface area contributed by atoms with Gasteiger partial charge >= 0.3 is 0 Å². The van der Waals surface area contributed by atoms with E-state index in [4.69, 9.17) is 11.6 Å². The molecule has 0 aliphatic heterocycles. The lowest BCUT2D eigenvalue weighted by molar-refractivity contribution is 0.103. The molecule has 19 heavy (non-hydrogen) atoms. The second-order valence-electron chi connectivity index (χ2n) is 5.13. The summed E-state index contributed by atoms with van der Waals surface area (Å²) >= 11 is 6.09. The van der Waals surface area contributed by atoms with Crippen LogP contribution in [0, 0.1) is 6.92 Å². The van der Waals surface area contributed by atoms with Crippen LogP contribution in [0.15, 0.2) is 36.4 Å². The highest BCUT2D eigenvalue weighted by Crippen LogP contribution is 2.25. The molecule has 2 aromatic carbocycles.